The molecule has 0 bridgehead atoms. The van der Waals surface area contributed by atoms with Gasteiger partial charge in [-0.15, -0.1) is 0 Å². The van der Waals surface area contributed by atoms with Crippen LogP contribution in [0.25, 0.3) is 0 Å². The molecule has 0 saturated heterocycles. The highest BCUT2D eigenvalue weighted by Crippen LogP contribution is 2.10. The molecule has 0 amide bonds. The van der Waals surface area contributed by atoms with Gasteiger partial charge in [0.05, 0.1) is 11.9 Å². The first kappa shape index (κ1) is 9.38. The van der Waals surface area contributed by atoms with Crippen molar-refractivity contribution in [2.24, 2.45) is 0 Å². The number of hydrogen-bond donors (Lipinski definition) is 2. The molecule has 2 aromatic heterocycles. The number of nitrogens with zero attached hydrogens (tertiary/aromatic N) is 4. The van der Waals surface area contributed by atoms with E-state index in [1.807, 2.05) is 0 Å². The Hall–Kier alpha value is -2.18. The van der Waals surface area contributed by atoms with E-state index in [0.717, 1.165) is 0 Å². The van der Waals surface area contributed by atoms with E-state index in [2.05, 4.69) is 25.4 Å². The maximum absolute atomic E-state index is 5.64. The molecule has 15 heavy (non-hydrogen) atoms. The lowest BCUT2D eigenvalue weighted by Gasteiger charge is -2.04. The molecule has 0 aliphatic carbocycles. The predicted molar refractivity (Wildman–Crippen MR) is 52.9 cm³/mol. The van der Waals surface area contributed by atoms with Crippen LogP contribution >= 0.6 is 0 Å². The molecular weight excluding hydrogens is 196 g/mol. The molecule has 3 N–H and O–H groups in total. The molecule has 0 spiro atoms. The SMILES string of the molecule is Nc1cncnc1NCCc1ncno1. The van der Waals surface area contributed by atoms with Crippen LogP contribution in [0, 0.1) is 0 Å². The Bertz CT molecular complexity index is 415. The van der Waals surface area contributed by atoms with Gasteiger partial charge < -0.3 is 15.6 Å². The number of anilines is 2. The number of hydrogen-bond acceptors (Lipinski definition) is 7. The summed E-state index contributed by atoms with van der Waals surface area (Å²) in [5.41, 5.74) is 6.16. The molecule has 0 radical (unpaired) electrons. The van der Waals surface area contributed by atoms with E-state index in [1.54, 1.807) is 6.20 Å². The largest absolute Gasteiger partial charge is 0.394 e. The average molecular weight is 206 g/mol. The summed E-state index contributed by atoms with van der Waals surface area (Å²) in [4.78, 5) is 11.7. The monoisotopic (exact) mass is 206 g/mol. The van der Waals surface area contributed by atoms with Gasteiger partial charge in [-0.1, -0.05) is 5.16 Å². The topological polar surface area (TPSA) is 103 Å². The van der Waals surface area contributed by atoms with Crippen molar-refractivity contribution >= 4 is 11.5 Å². The lowest BCUT2D eigenvalue weighted by molar-refractivity contribution is 0.379. The lowest BCUT2D eigenvalue weighted by Crippen LogP contribution is -2.08. The van der Waals surface area contributed by atoms with Gasteiger partial charge in [0.1, 0.15) is 6.33 Å². The van der Waals surface area contributed by atoms with E-state index in [0.29, 0.717) is 30.4 Å². The highest BCUT2D eigenvalue weighted by atomic mass is 16.5. The minimum atomic E-state index is 0.517. The van der Waals surface area contributed by atoms with Crippen molar-refractivity contribution in [1.29, 1.82) is 0 Å². The van der Waals surface area contributed by atoms with Crippen molar-refractivity contribution in [3.8, 4) is 0 Å². The molecule has 2 aromatic rings. The maximum atomic E-state index is 5.64. The Morgan fingerprint density at radius 2 is 2.27 bits per heavy atom. The summed E-state index contributed by atoms with van der Waals surface area (Å²) in [6, 6.07) is 0. The number of rotatable bonds is 4. The fourth-order valence-electron chi connectivity index (χ4n) is 1.08. The lowest BCUT2D eigenvalue weighted by atomic mass is 10.4. The van der Waals surface area contributed by atoms with Gasteiger partial charge in [-0.05, 0) is 0 Å². The smallest absolute Gasteiger partial charge is 0.228 e. The Balaban J connectivity index is 1.86. The van der Waals surface area contributed by atoms with Crippen LogP contribution in [-0.4, -0.2) is 26.7 Å². The number of nitrogen functional groups attached to an aromatic ring is 1. The van der Waals surface area contributed by atoms with Crippen LogP contribution in [-0.2, 0) is 6.42 Å². The normalized spacial score (nSPS) is 10.1. The van der Waals surface area contributed by atoms with Crippen LogP contribution in [0.3, 0.4) is 0 Å². The highest BCUT2D eigenvalue weighted by Gasteiger charge is 2.01. The third-order valence-electron chi connectivity index (χ3n) is 1.78. The van der Waals surface area contributed by atoms with Gasteiger partial charge in [0.15, 0.2) is 12.1 Å². The van der Waals surface area contributed by atoms with Gasteiger partial charge in [0.25, 0.3) is 0 Å². The molecule has 0 aromatic carbocycles. The fourth-order valence-corrected chi connectivity index (χ4v) is 1.08. The van der Waals surface area contributed by atoms with E-state index < -0.39 is 0 Å². The first-order valence-corrected chi connectivity index (χ1v) is 4.41. The molecule has 7 nitrogen and oxygen atoms in total. The molecule has 2 rings (SSSR count). The number of aromatic nitrogens is 4. The van der Waals surface area contributed by atoms with E-state index in [-0.39, 0.29) is 0 Å². The van der Waals surface area contributed by atoms with Crippen LogP contribution < -0.4 is 11.1 Å². The van der Waals surface area contributed by atoms with Gasteiger partial charge >= 0.3 is 0 Å². The zero-order chi connectivity index (χ0) is 10.5. The summed E-state index contributed by atoms with van der Waals surface area (Å²) in [5, 5.41) is 6.55. The molecule has 7 heteroatoms. The first-order valence-electron chi connectivity index (χ1n) is 4.41. The third kappa shape index (κ3) is 2.39. The van der Waals surface area contributed by atoms with Crippen molar-refractivity contribution in [1.82, 2.24) is 20.1 Å². The van der Waals surface area contributed by atoms with E-state index in [4.69, 9.17) is 10.3 Å². The zero-order valence-corrected chi connectivity index (χ0v) is 7.92. The van der Waals surface area contributed by atoms with Crippen molar-refractivity contribution in [3.05, 3.63) is 24.7 Å². The molecule has 0 unspecified atom stereocenters. The summed E-state index contributed by atoms with van der Waals surface area (Å²) in [6.45, 7) is 0.628. The Morgan fingerprint density at radius 3 is 3.00 bits per heavy atom. The minimum absolute atomic E-state index is 0.517. The summed E-state index contributed by atoms with van der Waals surface area (Å²) >= 11 is 0. The van der Waals surface area contributed by atoms with Crippen LogP contribution in [0.15, 0.2) is 23.4 Å². The number of nitrogens with one attached hydrogen (secondary N) is 1. The van der Waals surface area contributed by atoms with E-state index in [9.17, 15) is 0 Å². The summed E-state index contributed by atoms with van der Waals surface area (Å²) in [7, 11) is 0. The second-order valence-electron chi connectivity index (χ2n) is 2.84. The van der Waals surface area contributed by atoms with Gasteiger partial charge in [-0.2, -0.15) is 4.98 Å². The van der Waals surface area contributed by atoms with Crippen LogP contribution in [0.2, 0.25) is 0 Å². The van der Waals surface area contributed by atoms with Crippen LogP contribution in [0.4, 0.5) is 11.5 Å². The second-order valence-corrected chi connectivity index (χ2v) is 2.84. The standard InChI is InChI=1S/C8H10N6O/c9-6-3-10-4-13-8(6)11-2-1-7-12-5-14-15-7/h3-5H,1-2,9H2,(H,10,11,13). The van der Waals surface area contributed by atoms with E-state index >= 15 is 0 Å². The van der Waals surface area contributed by atoms with E-state index in [1.165, 1.54) is 12.7 Å². The van der Waals surface area contributed by atoms with Gasteiger partial charge in [-0.25, -0.2) is 9.97 Å². The summed E-state index contributed by atoms with van der Waals surface area (Å²) in [6.07, 6.45) is 4.98. The molecule has 0 fully saturated rings. The predicted octanol–water partition coefficient (Wildman–Crippen LogP) is 0.0964. The molecule has 0 aliphatic heterocycles. The number of nitrogens with two attached hydrogens (primary N) is 1. The highest BCUT2D eigenvalue weighted by molar-refractivity contribution is 5.58. The first-order chi connectivity index (χ1) is 7.36. The quantitative estimate of drug-likeness (QED) is 0.730. The molecule has 0 atom stereocenters. The van der Waals surface area contributed by atoms with Crippen molar-refractivity contribution in [2.75, 3.05) is 17.6 Å². The van der Waals surface area contributed by atoms with Gasteiger partial charge in [0.2, 0.25) is 5.89 Å². The van der Waals surface area contributed by atoms with Crippen LogP contribution in [0.5, 0.6) is 0 Å². The molecule has 2 heterocycles. The Kier molecular flexibility index (Phi) is 2.72. The molecule has 0 aliphatic rings. The third-order valence-corrected chi connectivity index (χ3v) is 1.78. The van der Waals surface area contributed by atoms with Gasteiger partial charge in [-0.3, -0.25) is 0 Å². The second kappa shape index (κ2) is 4.36. The van der Waals surface area contributed by atoms with Gasteiger partial charge in [0, 0.05) is 13.0 Å². The molecule has 0 saturated carbocycles. The Labute approximate surface area is 85.7 Å². The van der Waals surface area contributed by atoms with Crippen molar-refractivity contribution in [3.63, 3.8) is 0 Å². The maximum Gasteiger partial charge on any atom is 0.228 e. The zero-order valence-electron chi connectivity index (χ0n) is 7.92. The van der Waals surface area contributed by atoms with Crippen molar-refractivity contribution < 1.29 is 4.52 Å². The molecular formula is C8H10N6O. The van der Waals surface area contributed by atoms with Crippen LogP contribution in [0.1, 0.15) is 5.89 Å². The fraction of sp³-hybridized carbons (Fsp3) is 0.250. The summed E-state index contributed by atoms with van der Waals surface area (Å²) in [5.74, 6) is 1.19. The molecule has 78 valence electrons. The minimum Gasteiger partial charge on any atom is -0.394 e. The van der Waals surface area contributed by atoms with Crippen molar-refractivity contribution in [2.45, 2.75) is 6.42 Å². The Morgan fingerprint density at radius 1 is 1.33 bits per heavy atom. The summed E-state index contributed by atoms with van der Waals surface area (Å²) < 4.78 is 4.84. The average Bonchev–Trinajstić information content (AvgIpc) is 2.74.